The van der Waals surface area contributed by atoms with Gasteiger partial charge in [0.1, 0.15) is 11.8 Å². The maximum Gasteiger partial charge on any atom is 0.304 e. The number of carboxylic acid groups (broad SMARTS) is 1. The maximum absolute atomic E-state index is 10.5. The van der Waals surface area contributed by atoms with Crippen LogP contribution in [-0.2, 0) is 4.79 Å². The van der Waals surface area contributed by atoms with Gasteiger partial charge in [0.15, 0.2) is 0 Å². The molecule has 6 heteroatoms. The molecule has 1 saturated heterocycles. The van der Waals surface area contributed by atoms with Crippen molar-refractivity contribution in [3.63, 3.8) is 0 Å². The second-order valence-electron chi connectivity index (χ2n) is 4.49. The number of anilines is 1. The van der Waals surface area contributed by atoms with E-state index in [2.05, 4.69) is 14.8 Å². The number of aliphatic carboxylic acids is 1. The first kappa shape index (κ1) is 13.3. The Labute approximate surface area is 111 Å². The predicted molar refractivity (Wildman–Crippen MR) is 69.9 cm³/mol. The van der Waals surface area contributed by atoms with Crippen LogP contribution in [0.3, 0.4) is 0 Å². The molecule has 1 aliphatic heterocycles. The lowest BCUT2D eigenvalue weighted by Crippen LogP contribution is -2.46. The molecule has 2 rings (SSSR count). The van der Waals surface area contributed by atoms with Crippen molar-refractivity contribution in [3.8, 4) is 6.07 Å². The van der Waals surface area contributed by atoms with Crippen molar-refractivity contribution in [2.45, 2.75) is 6.42 Å². The van der Waals surface area contributed by atoms with Crippen LogP contribution >= 0.6 is 0 Å². The Morgan fingerprint density at radius 2 is 2.11 bits per heavy atom. The van der Waals surface area contributed by atoms with Crippen molar-refractivity contribution >= 4 is 11.7 Å². The third-order valence-corrected chi connectivity index (χ3v) is 3.24. The van der Waals surface area contributed by atoms with E-state index in [0.29, 0.717) is 12.2 Å². The fourth-order valence-corrected chi connectivity index (χ4v) is 2.12. The zero-order chi connectivity index (χ0) is 13.7. The van der Waals surface area contributed by atoms with Crippen LogP contribution in [-0.4, -0.2) is 53.7 Å². The fraction of sp³-hybridized carbons (Fsp3) is 0.462. The number of hydrogen-bond donors (Lipinski definition) is 1. The molecule has 2 heterocycles. The first-order valence-corrected chi connectivity index (χ1v) is 6.24. The van der Waals surface area contributed by atoms with Crippen molar-refractivity contribution in [1.29, 1.82) is 5.26 Å². The summed E-state index contributed by atoms with van der Waals surface area (Å²) in [5, 5.41) is 17.3. The Balaban J connectivity index is 1.85. The molecule has 6 nitrogen and oxygen atoms in total. The number of hydrogen-bond acceptors (Lipinski definition) is 5. The molecule has 19 heavy (non-hydrogen) atoms. The molecule has 0 radical (unpaired) electrons. The molecule has 0 bridgehead atoms. The lowest BCUT2D eigenvalue weighted by molar-refractivity contribution is -0.137. The summed E-state index contributed by atoms with van der Waals surface area (Å²) in [5.41, 5.74) is 1.43. The zero-order valence-corrected chi connectivity index (χ0v) is 10.6. The molecule has 0 aliphatic carbocycles. The fourth-order valence-electron chi connectivity index (χ4n) is 2.12. The lowest BCUT2D eigenvalue weighted by atomic mass is 10.2. The molecule has 1 N–H and O–H groups in total. The predicted octanol–water partition coefficient (Wildman–Crippen LogP) is 0.550. The number of nitriles is 1. The monoisotopic (exact) mass is 260 g/mol. The van der Waals surface area contributed by atoms with E-state index < -0.39 is 5.97 Å². The van der Waals surface area contributed by atoms with Crippen LogP contribution in [0.1, 0.15) is 12.1 Å². The molecule has 0 aromatic carbocycles. The van der Waals surface area contributed by atoms with Gasteiger partial charge in [0.2, 0.25) is 0 Å². The van der Waals surface area contributed by atoms with E-state index in [-0.39, 0.29) is 6.42 Å². The molecular formula is C13H16N4O2. The van der Waals surface area contributed by atoms with Crippen molar-refractivity contribution in [3.05, 3.63) is 24.0 Å². The van der Waals surface area contributed by atoms with Gasteiger partial charge >= 0.3 is 5.97 Å². The Morgan fingerprint density at radius 1 is 1.37 bits per heavy atom. The first-order chi connectivity index (χ1) is 9.19. The van der Waals surface area contributed by atoms with Gasteiger partial charge in [0.25, 0.3) is 0 Å². The molecule has 0 saturated carbocycles. The second kappa shape index (κ2) is 6.16. The minimum Gasteiger partial charge on any atom is -0.481 e. The van der Waals surface area contributed by atoms with Crippen molar-refractivity contribution in [2.24, 2.45) is 0 Å². The highest BCUT2D eigenvalue weighted by Gasteiger charge is 2.17. The van der Waals surface area contributed by atoms with Gasteiger partial charge in [-0.15, -0.1) is 0 Å². The Kier molecular flexibility index (Phi) is 4.31. The van der Waals surface area contributed by atoms with Gasteiger partial charge in [-0.2, -0.15) is 5.26 Å². The number of nitrogens with zero attached hydrogens (tertiary/aromatic N) is 4. The summed E-state index contributed by atoms with van der Waals surface area (Å²) in [6.07, 6.45) is 1.91. The third kappa shape index (κ3) is 3.66. The van der Waals surface area contributed by atoms with E-state index in [1.54, 1.807) is 12.3 Å². The third-order valence-electron chi connectivity index (χ3n) is 3.24. The average molecular weight is 260 g/mol. The smallest absolute Gasteiger partial charge is 0.304 e. The number of rotatable bonds is 4. The van der Waals surface area contributed by atoms with Crippen LogP contribution in [0.15, 0.2) is 18.3 Å². The summed E-state index contributed by atoms with van der Waals surface area (Å²) in [4.78, 5) is 18.9. The van der Waals surface area contributed by atoms with Crippen molar-refractivity contribution in [2.75, 3.05) is 37.6 Å². The van der Waals surface area contributed by atoms with Gasteiger partial charge in [-0.05, 0) is 12.1 Å². The lowest BCUT2D eigenvalue weighted by Gasteiger charge is -2.35. The number of aromatic nitrogens is 1. The van der Waals surface area contributed by atoms with Crippen LogP contribution < -0.4 is 4.90 Å². The average Bonchev–Trinajstić information content (AvgIpc) is 2.46. The van der Waals surface area contributed by atoms with Crippen molar-refractivity contribution in [1.82, 2.24) is 9.88 Å². The van der Waals surface area contributed by atoms with Crippen LogP contribution in [0.2, 0.25) is 0 Å². The molecule has 1 aliphatic rings. The SMILES string of the molecule is N#Cc1ccc(N2CCN(CCC(=O)O)CC2)cn1. The topological polar surface area (TPSA) is 80.5 Å². The molecule has 1 aromatic heterocycles. The van der Waals surface area contributed by atoms with E-state index in [0.717, 1.165) is 31.9 Å². The van der Waals surface area contributed by atoms with Gasteiger partial charge < -0.3 is 10.0 Å². The quantitative estimate of drug-likeness (QED) is 0.851. The first-order valence-electron chi connectivity index (χ1n) is 6.24. The number of carbonyl (C=O) groups is 1. The number of carboxylic acids is 1. The summed E-state index contributed by atoms with van der Waals surface area (Å²) in [6.45, 7) is 4.02. The zero-order valence-electron chi connectivity index (χ0n) is 10.6. The number of piperazine rings is 1. The Hall–Kier alpha value is -2.13. The summed E-state index contributed by atoms with van der Waals surface area (Å²) in [7, 11) is 0. The Morgan fingerprint density at radius 3 is 2.63 bits per heavy atom. The second-order valence-corrected chi connectivity index (χ2v) is 4.49. The largest absolute Gasteiger partial charge is 0.481 e. The molecule has 0 atom stereocenters. The molecule has 1 fully saturated rings. The van der Waals surface area contributed by atoms with E-state index in [1.807, 2.05) is 12.1 Å². The number of pyridine rings is 1. The van der Waals surface area contributed by atoms with Gasteiger partial charge in [-0.25, -0.2) is 4.98 Å². The van der Waals surface area contributed by atoms with E-state index in [1.165, 1.54) is 0 Å². The van der Waals surface area contributed by atoms with Gasteiger partial charge in [-0.1, -0.05) is 0 Å². The molecule has 1 aromatic rings. The van der Waals surface area contributed by atoms with Crippen LogP contribution in [0.25, 0.3) is 0 Å². The maximum atomic E-state index is 10.5. The van der Waals surface area contributed by atoms with Crippen LogP contribution in [0.5, 0.6) is 0 Å². The molecular weight excluding hydrogens is 244 g/mol. The highest BCUT2D eigenvalue weighted by atomic mass is 16.4. The minimum atomic E-state index is -0.751. The summed E-state index contributed by atoms with van der Waals surface area (Å²) < 4.78 is 0. The van der Waals surface area contributed by atoms with E-state index in [4.69, 9.17) is 10.4 Å². The van der Waals surface area contributed by atoms with Crippen LogP contribution in [0.4, 0.5) is 5.69 Å². The summed E-state index contributed by atoms with van der Waals surface area (Å²) >= 11 is 0. The molecule has 0 spiro atoms. The van der Waals surface area contributed by atoms with Crippen molar-refractivity contribution < 1.29 is 9.90 Å². The Bertz CT molecular complexity index is 472. The normalized spacial score (nSPS) is 16.1. The van der Waals surface area contributed by atoms with Gasteiger partial charge in [0, 0.05) is 32.7 Å². The van der Waals surface area contributed by atoms with Gasteiger partial charge in [-0.3, -0.25) is 9.69 Å². The summed E-state index contributed by atoms with van der Waals surface area (Å²) in [5.74, 6) is -0.751. The molecule has 0 amide bonds. The van der Waals surface area contributed by atoms with Crippen LogP contribution in [0, 0.1) is 11.3 Å². The van der Waals surface area contributed by atoms with E-state index in [9.17, 15) is 4.79 Å². The minimum absolute atomic E-state index is 0.193. The molecule has 0 unspecified atom stereocenters. The highest BCUT2D eigenvalue weighted by molar-refractivity contribution is 5.66. The van der Waals surface area contributed by atoms with Gasteiger partial charge in [0.05, 0.1) is 18.3 Å². The summed E-state index contributed by atoms with van der Waals surface area (Å²) in [6, 6.07) is 5.61. The van der Waals surface area contributed by atoms with E-state index >= 15 is 0 Å². The molecule has 100 valence electrons. The highest BCUT2D eigenvalue weighted by Crippen LogP contribution is 2.15. The standard InChI is InChI=1S/C13H16N4O2/c14-9-11-1-2-12(10-15-11)17-7-5-16(6-8-17)4-3-13(18)19/h1-2,10H,3-8H2,(H,18,19).